The van der Waals surface area contributed by atoms with Crippen molar-refractivity contribution in [2.75, 3.05) is 5.32 Å². The number of nitrogens with zero attached hydrogens (tertiary/aromatic N) is 1. The summed E-state index contributed by atoms with van der Waals surface area (Å²) >= 11 is 0.918. The first kappa shape index (κ1) is 19.7. The molecule has 1 atom stereocenters. The van der Waals surface area contributed by atoms with Gasteiger partial charge in [-0.3, -0.25) is 19.0 Å². The van der Waals surface area contributed by atoms with Gasteiger partial charge in [-0.25, -0.2) is 0 Å². The lowest BCUT2D eigenvalue weighted by Crippen LogP contribution is -2.33. The third kappa shape index (κ3) is 4.72. The maximum atomic E-state index is 12.9. The number of halogens is 3. The second-order valence-corrected chi connectivity index (χ2v) is 6.21. The number of alkyl halides is 3. The molecule has 0 bridgehead atoms. The molecule has 6 nitrogen and oxygen atoms in total. The van der Waals surface area contributed by atoms with Gasteiger partial charge in [0.05, 0.1) is 11.3 Å². The number of benzene rings is 1. The lowest BCUT2D eigenvalue weighted by molar-refractivity contribution is -0.153. The van der Waals surface area contributed by atoms with E-state index in [9.17, 15) is 27.6 Å². The van der Waals surface area contributed by atoms with E-state index in [4.69, 9.17) is 4.74 Å². The fourth-order valence-electron chi connectivity index (χ4n) is 2.09. The van der Waals surface area contributed by atoms with Crippen LogP contribution in [0, 0.1) is 6.92 Å². The molecule has 26 heavy (non-hydrogen) atoms. The lowest BCUT2D eigenvalue weighted by Gasteiger charge is -2.17. The maximum Gasteiger partial charge on any atom is 0.418 e. The Kier molecular flexibility index (Phi) is 5.86. The number of hydrogen-bond acceptors (Lipinski definition) is 5. The van der Waals surface area contributed by atoms with Crippen LogP contribution in [0.4, 0.5) is 18.9 Å². The summed E-state index contributed by atoms with van der Waals surface area (Å²) in [6.07, 6.45) is -5.97. The van der Waals surface area contributed by atoms with Gasteiger partial charge in [-0.1, -0.05) is 23.5 Å². The fraction of sp³-hybridized carbons (Fsp3) is 0.312. The van der Waals surface area contributed by atoms with Crippen molar-refractivity contribution in [1.82, 2.24) is 4.57 Å². The molecular formula is C16H15F3N2O4S. The van der Waals surface area contributed by atoms with E-state index in [1.54, 1.807) is 12.3 Å². The summed E-state index contributed by atoms with van der Waals surface area (Å²) < 4.78 is 44.9. The minimum atomic E-state index is -4.64. The van der Waals surface area contributed by atoms with Gasteiger partial charge in [-0.05, 0) is 26.0 Å². The van der Waals surface area contributed by atoms with Crippen LogP contribution in [0.25, 0.3) is 0 Å². The molecule has 0 radical (unpaired) electrons. The molecule has 140 valence electrons. The number of nitrogens with one attached hydrogen (secondary N) is 1. The summed E-state index contributed by atoms with van der Waals surface area (Å²) in [7, 11) is 0. The van der Waals surface area contributed by atoms with Gasteiger partial charge in [0.25, 0.3) is 5.91 Å². The van der Waals surface area contributed by atoms with E-state index in [1.807, 2.05) is 0 Å². The SMILES string of the molecule is Cc1csc(=O)n1CC(=O)O[C@@H](C)C(=O)Nc1ccccc1C(F)(F)F. The Balaban J connectivity index is 2.02. The van der Waals surface area contributed by atoms with Crippen LogP contribution in [-0.4, -0.2) is 22.5 Å². The summed E-state index contributed by atoms with van der Waals surface area (Å²) in [6.45, 7) is 2.48. The number of carbonyl (C=O) groups excluding carboxylic acids is 2. The molecule has 1 amide bonds. The van der Waals surface area contributed by atoms with Crippen LogP contribution < -0.4 is 10.2 Å². The number of aromatic nitrogens is 1. The molecule has 1 aromatic heterocycles. The van der Waals surface area contributed by atoms with Crippen LogP contribution in [0.15, 0.2) is 34.4 Å². The van der Waals surface area contributed by atoms with E-state index in [-0.39, 0.29) is 11.4 Å². The lowest BCUT2D eigenvalue weighted by atomic mass is 10.1. The van der Waals surface area contributed by atoms with Crippen molar-refractivity contribution in [1.29, 1.82) is 0 Å². The Morgan fingerprint density at radius 1 is 1.31 bits per heavy atom. The minimum Gasteiger partial charge on any atom is -0.451 e. The summed E-state index contributed by atoms with van der Waals surface area (Å²) in [4.78, 5) is 35.1. The maximum absolute atomic E-state index is 12.9. The zero-order valence-corrected chi connectivity index (χ0v) is 14.6. The normalized spacial score (nSPS) is 12.5. The number of esters is 1. The number of rotatable bonds is 5. The molecule has 0 fully saturated rings. The first-order chi connectivity index (χ1) is 12.1. The molecule has 0 saturated heterocycles. The Hall–Kier alpha value is -2.62. The van der Waals surface area contributed by atoms with Crippen molar-refractivity contribution in [3.63, 3.8) is 0 Å². The Bertz CT molecular complexity index is 873. The molecule has 1 heterocycles. The van der Waals surface area contributed by atoms with Crippen molar-refractivity contribution in [3.8, 4) is 0 Å². The third-order valence-corrected chi connectivity index (χ3v) is 4.31. The molecule has 2 aromatic rings. The zero-order valence-electron chi connectivity index (χ0n) is 13.8. The standard InChI is InChI=1S/C16H15F3N2O4S/c1-9-8-26-15(24)21(9)7-13(22)25-10(2)14(23)20-12-6-4-3-5-11(12)16(17,18)19/h3-6,8,10H,7H2,1-2H3,(H,20,23)/t10-/m0/s1. The number of amides is 1. The van der Waals surface area contributed by atoms with Gasteiger partial charge < -0.3 is 10.1 Å². The number of aryl methyl sites for hydroxylation is 1. The number of para-hydroxylation sites is 1. The first-order valence-corrected chi connectivity index (χ1v) is 8.29. The Morgan fingerprint density at radius 3 is 2.54 bits per heavy atom. The third-order valence-electron chi connectivity index (χ3n) is 3.43. The number of carbonyl (C=O) groups is 2. The molecule has 10 heteroatoms. The molecule has 0 spiro atoms. The van der Waals surface area contributed by atoms with Gasteiger partial charge in [-0.2, -0.15) is 13.2 Å². The van der Waals surface area contributed by atoms with E-state index < -0.39 is 35.4 Å². The van der Waals surface area contributed by atoms with Crippen molar-refractivity contribution in [2.45, 2.75) is 32.7 Å². The van der Waals surface area contributed by atoms with E-state index >= 15 is 0 Å². The molecule has 0 aliphatic heterocycles. The largest absolute Gasteiger partial charge is 0.451 e. The molecule has 0 unspecified atom stereocenters. The van der Waals surface area contributed by atoms with Gasteiger partial charge in [0.1, 0.15) is 6.54 Å². The number of thiazole rings is 1. The monoisotopic (exact) mass is 388 g/mol. The molecule has 1 N–H and O–H groups in total. The number of anilines is 1. The van der Waals surface area contributed by atoms with Crippen molar-refractivity contribution >= 4 is 28.9 Å². The van der Waals surface area contributed by atoms with E-state index in [2.05, 4.69) is 5.32 Å². The van der Waals surface area contributed by atoms with Crippen molar-refractivity contribution < 1.29 is 27.5 Å². The summed E-state index contributed by atoms with van der Waals surface area (Å²) in [6, 6.07) is 4.47. The van der Waals surface area contributed by atoms with Crippen LogP contribution in [0.5, 0.6) is 0 Å². The van der Waals surface area contributed by atoms with Crippen LogP contribution >= 0.6 is 11.3 Å². The zero-order chi connectivity index (χ0) is 19.5. The van der Waals surface area contributed by atoms with Gasteiger partial charge in [0.15, 0.2) is 6.10 Å². The second kappa shape index (κ2) is 7.73. The quantitative estimate of drug-likeness (QED) is 0.799. The van der Waals surface area contributed by atoms with E-state index in [0.29, 0.717) is 5.69 Å². The fourth-order valence-corrected chi connectivity index (χ4v) is 2.82. The highest BCUT2D eigenvalue weighted by Gasteiger charge is 2.34. The van der Waals surface area contributed by atoms with Crippen molar-refractivity contribution in [2.24, 2.45) is 0 Å². The molecule has 0 saturated carbocycles. The number of hydrogen-bond donors (Lipinski definition) is 1. The highest BCUT2D eigenvalue weighted by molar-refractivity contribution is 7.07. The van der Waals surface area contributed by atoms with E-state index in [0.717, 1.165) is 23.5 Å². The summed E-state index contributed by atoms with van der Waals surface area (Å²) in [5, 5.41) is 3.67. The molecule has 0 aliphatic rings. The Morgan fingerprint density at radius 2 is 1.96 bits per heavy atom. The average molecular weight is 388 g/mol. The first-order valence-electron chi connectivity index (χ1n) is 7.41. The molecule has 1 aromatic carbocycles. The highest BCUT2D eigenvalue weighted by Crippen LogP contribution is 2.34. The van der Waals surface area contributed by atoms with Gasteiger partial charge >= 0.3 is 17.0 Å². The van der Waals surface area contributed by atoms with Crippen molar-refractivity contribution in [3.05, 3.63) is 50.6 Å². The van der Waals surface area contributed by atoms with Crippen LogP contribution in [-0.2, 0) is 27.0 Å². The molecule has 0 aliphatic carbocycles. The van der Waals surface area contributed by atoms with Crippen LogP contribution in [0.3, 0.4) is 0 Å². The Labute approximate surface area is 150 Å². The highest BCUT2D eigenvalue weighted by atomic mass is 32.1. The second-order valence-electron chi connectivity index (χ2n) is 5.39. The van der Waals surface area contributed by atoms with Crippen LogP contribution in [0.2, 0.25) is 0 Å². The average Bonchev–Trinajstić information content (AvgIpc) is 2.86. The van der Waals surface area contributed by atoms with Gasteiger partial charge in [0, 0.05) is 11.1 Å². The predicted octanol–water partition coefficient (Wildman–Crippen LogP) is 2.81. The molecular weight excluding hydrogens is 373 g/mol. The predicted molar refractivity (Wildman–Crippen MR) is 88.9 cm³/mol. The minimum absolute atomic E-state index is 0.351. The molecule has 2 rings (SSSR count). The van der Waals surface area contributed by atoms with Gasteiger partial charge in [0.2, 0.25) is 0 Å². The summed E-state index contributed by atoms with van der Waals surface area (Å²) in [5.74, 6) is -1.76. The summed E-state index contributed by atoms with van der Waals surface area (Å²) in [5.41, 5.74) is -0.877. The number of ether oxygens (including phenoxy) is 1. The topological polar surface area (TPSA) is 77.4 Å². The van der Waals surface area contributed by atoms with Gasteiger partial charge in [-0.15, -0.1) is 0 Å². The van der Waals surface area contributed by atoms with Crippen LogP contribution in [0.1, 0.15) is 18.2 Å². The smallest absolute Gasteiger partial charge is 0.418 e. The van der Waals surface area contributed by atoms with E-state index in [1.165, 1.54) is 23.6 Å².